The Hall–Kier alpha value is -3.28. The number of H-pyrrole nitrogens is 1. The number of carbonyl (C=O) groups excluding carboxylic acids is 1. The molecule has 0 unspecified atom stereocenters. The fourth-order valence-electron chi connectivity index (χ4n) is 3.65. The molecule has 2 N–H and O–H groups in total. The number of carbonyl (C=O) groups is 1. The van der Waals surface area contributed by atoms with Gasteiger partial charge in [-0.25, -0.2) is 0 Å². The van der Waals surface area contributed by atoms with Crippen LogP contribution in [0.1, 0.15) is 45.9 Å². The minimum atomic E-state index is -0.187. The first-order valence-corrected chi connectivity index (χ1v) is 9.47. The van der Waals surface area contributed by atoms with Crippen molar-refractivity contribution in [2.75, 3.05) is 12.1 Å². The first-order valence-electron chi connectivity index (χ1n) is 9.47. The second kappa shape index (κ2) is 6.41. The van der Waals surface area contributed by atoms with Crippen LogP contribution in [0.4, 0.5) is 5.69 Å². The van der Waals surface area contributed by atoms with Crippen molar-refractivity contribution in [1.29, 1.82) is 0 Å². The summed E-state index contributed by atoms with van der Waals surface area (Å²) < 4.78 is 10.7. The lowest BCUT2D eigenvalue weighted by molar-refractivity contribution is 0.102. The van der Waals surface area contributed by atoms with Gasteiger partial charge in [-0.05, 0) is 50.5 Å². The number of benzene rings is 2. The van der Waals surface area contributed by atoms with Gasteiger partial charge < -0.3 is 14.8 Å². The Bertz CT molecular complexity index is 1080. The summed E-state index contributed by atoms with van der Waals surface area (Å²) in [6.07, 6.45) is 2.23. The molecule has 1 aromatic heterocycles. The number of ether oxygens (including phenoxy) is 2. The Morgan fingerprint density at radius 3 is 2.71 bits per heavy atom. The van der Waals surface area contributed by atoms with Crippen molar-refractivity contribution in [2.24, 2.45) is 0 Å². The Kier molecular flexibility index (Phi) is 3.86. The van der Waals surface area contributed by atoms with E-state index in [-0.39, 0.29) is 12.7 Å². The predicted octanol–water partition coefficient (Wildman–Crippen LogP) is 4.55. The third-order valence-corrected chi connectivity index (χ3v) is 5.29. The SMILES string of the molecule is Cc1ccc(-c2n[nH]c(C3CC3)c2NC(=O)c2ccc3c(c2)OCO3)c(C)c1. The average molecular weight is 375 g/mol. The van der Waals surface area contributed by atoms with Gasteiger partial charge in [0.1, 0.15) is 5.69 Å². The zero-order valence-corrected chi connectivity index (χ0v) is 15.8. The second-order valence-corrected chi connectivity index (χ2v) is 7.48. The number of aryl methyl sites for hydroxylation is 2. The summed E-state index contributed by atoms with van der Waals surface area (Å²) in [5, 5.41) is 10.8. The third kappa shape index (κ3) is 2.91. The van der Waals surface area contributed by atoms with Crippen molar-refractivity contribution >= 4 is 11.6 Å². The number of fused-ring (bicyclic) bond motifs is 1. The molecule has 1 aliphatic heterocycles. The van der Waals surface area contributed by atoms with E-state index in [1.54, 1.807) is 18.2 Å². The number of aromatic amines is 1. The number of anilines is 1. The third-order valence-electron chi connectivity index (χ3n) is 5.29. The van der Waals surface area contributed by atoms with Crippen molar-refractivity contribution < 1.29 is 14.3 Å². The molecule has 2 aliphatic rings. The zero-order chi connectivity index (χ0) is 19.3. The number of nitrogens with zero attached hydrogens (tertiary/aromatic N) is 1. The van der Waals surface area contributed by atoms with E-state index in [2.05, 4.69) is 47.6 Å². The lowest BCUT2D eigenvalue weighted by Gasteiger charge is -2.11. The molecule has 5 rings (SSSR count). The van der Waals surface area contributed by atoms with Crippen molar-refractivity contribution in [3.63, 3.8) is 0 Å². The Morgan fingerprint density at radius 1 is 1.11 bits per heavy atom. The fourth-order valence-corrected chi connectivity index (χ4v) is 3.65. The van der Waals surface area contributed by atoms with E-state index in [1.165, 1.54) is 5.56 Å². The van der Waals surface area contributed by atoms with Gasteiger partial charge in [0.05, 0.1) is 11.4 Å². The molecule has 2 heterocycles. The molecule has 3 aromatic rings. The first kappa shape index (κ1) is 16.9. The van der Waals surface area contributed by atoms with Crippen LogP contribution in [0.25, 0.3) is 11.3 Å². The van der Waals surface area contributed by atoms with Crippen molar-refractivity contribution in [3.05, 3.63) is 58.8 Å². The van der Waals surface area contributed by atoms with Gasteiger partial charge >= 0.3 is 0 Å². The van der Waals surface area contributed by atoms with Crippen LogP contribution in [-0.4, -0.2) is 22.9 Å². The number of amides is 1. The summed E-state index contributed by atoms with van der Waals surface area (Å²) in [5.41, 5.74) is 6.45. The molecule has 0 spiro atoms. The molecule has 0 bridgehead atoms. The summed E-state index contributed by atoms with van der Waals surface area (Å²) in [6, 6.07) is 11.5. The van der Waals surface area contributed by atoms with Crippen LogP contribution in [0, 0.1) is 13.8 Å². The molecule has 1 aliphatic carbocycles. The molecule has 1 saturated carbocycles. The predicted molar refractivity (Wildman–Crippen MR) is 106 cm³/mol. The number of hydrogen-bond acceptors (Lipinski definition) is 4. The van der Waals surface area contributed by atoms with Gasteiger partial charge in [-0.15, -0.1) is 0 Å². The molecule has 1 amide bonds. The molecule has 1 fully saturated rings. The van der Waals surface area contributed by atoms with Crippen LogP contribution in [-0.2, 0) is 0 Å². The zero-order valence-electron chi connectivity index (χ0n) is 15.8. The summed E-state index contributed by atoms with van der Waals surface area (Å²) in [4.78, 5) is 13.0. The fraction of sp³-hybridized carbons (Fsp3) is 0.273. The average Bonchev–Trinajstić information content (AvgIpc) is 3.27. The Balaban J connectivity index is 1.52. The molecule has 6 heteroatoms. The summed E-state index contributed by atoms with van der Waals surface area (Å²) >= 11 is 0. The van der Waals surface area contributed by atoms with Gasteiger partial charge in [0.2, 0.25) is 6.79 Å². The molecule has 142 valence electrons. The van der Waals surface area contributed by atoms with E-state index < -0.39 is 0 Å². The highest BCUT2D eigenvalue weighted by atomic mass is 16.7. The highest BCUT2D eigenvalue weighted by molar-refractivity contribution is 6.07. The molecular weight excluding hydrogens is 354 g/mol. The van der Waals surface area contributed by atoms with E-state index in [4.69, 9.17) is 9.47 Å². The molecule has 0 saturated heterocycles. The van der Waals surface area contributed by atoms with Gasteiger partial charge in [0, 0.05) is 17.0 Å². The van der Waals surface area contributed by atoms with Crippen molar-refractivity contribution in [2.45, 2.75) is 32.6 Å². The second-order valence-electron chi connectivity index (χ2n) is 7.48. The number of hydrogen-bond donors (Lipinski definition) is 2. The molecular formula is C22H21N3O3. The van der Waals surface area contributed by atoms with Crippen molar-refractivity contribution in [1.82, 2.24) is 10.2 Å². The topological polar surface area (TPSA) is 76.2 Å². The van der Waals surface area contributed by atoms with Crippen LogP contribution in [0.5, 0.6) is 11.5 Å². The van der Waals surface area contributed by atoms with E-state index >= 15 is 0 Å². The summed E-state index contributed by atoms with van der Waals surface area (Å²) in [6.45, 7) is 4.32. The smallest absolute Gasteiger partial charge is 0.255 e. The Labute approximate surface area is 162 Å². The van der Waals surface area contributed by atoms with Gasteiger partial charge in [0.15, 0.2) is 11.5 Å². The summed E-state index contributed by atoms with van der Waals surface area (Å²) in [5.74, 6) is 1.50. The molecule has 28 heavy (non-hydrogen) atoms. The largest absolute Gasteiger partial charge is 0.454 e. The number of aromatic nitrogens is 2. The lowest BCUT2D eigenvalue weighted by Crippen LogP contribution is -2.13. The normalized spacial score (nSPS) is 14.9. The van der Waals surface area contributed by atoms with Crippen LogP contribution in [0.2, 0.25) is 0 Å². The van der Waals surface area contributed by atoms with E-state index in [0.717, 1.165) is 41.0 Å². The van der Waals surface area contributed by atoms with Crippen LogP contribution in [0.15, 0.2) is 36.4 Å². The minimum Gasteiger partial charge on any atom is -0.454 e. The molecule has 2 aromatic carbocycles. The molecule has 0 radical (unpaired) electrons. The number of nitrogens with one attached hydrogen (secondary N) is 2. The highest BCUT2D eigenvalue weighted by Gasteiger charge is 2.31. The van der Waals surface area contributed by atoms with Gasteiger partial charge in [0.25, 0.3) is 5.91 Å². The lowest BCUT2D eigenvalue weighted by atomic mass is 10.0. The van der Waals surface area contributed by atoms with E-state index in [1.807, 2.05) is 0 Å². The Morgan fingerprint density at radius 2 is 1.93 bits per heavy atom. The van der Waals surface area contributed by atoms with Crippen LogP contribution in [0.3, 0.4) is 0 Å². The quantitative estimate of drug-likeness (QED) is 0.701. The van der Waals surface area contributed by atoms with E-state index in [0.29, 0.717) is 23.0 Å². The molecule has 6 nitrogen and oxygen atoms in total. The molecule has 0 atom stereocenters. The van der Waals surface area contributed by atoms with E-state index in [9.17, 15) is 4.79 Å². The van der Waals surface area contributed by atoms with Crippen LogP contribution < -0.4 is 14.8 Å². The van der Waals surface area contributed by atoms with Gasteiger partial charge in [-0.3, -0.25) is 9.89 Å². The van der Waals surface area contributed by atoms with Crippen molar-refractivity contribution in [3.8, 4) is 22.8 Å². The highest BCUT2D eigenvalue weighted by Crippen LogP contribution is 2.45. The van der Waals surface area contributed by atoms with Crippen LogP contribution >= 0.6 is 0 Å². The minimum absolute atomic E-state index is 0.185. The first-order chi connectivity index (χ1) is 13.6. The number of rotatable bonds is 4. The standard InChI is InChI=1S/C22H21N3O3/c1-12-3-7-16(13(2)9-12)20-21(19(24-25-20)14-4-5-14)23-22(26)15-6-8-17-18(10-15)28-11-27-17/h3,6-10,14H,4-5,11H2,1-2H3,(H,23,26)(H,24,25). The monoisotopic (exact) mass is 375 g/mol. The van der Waals surface area contributed by atoms with Gasteiger partial charge in [-0.2, -0.15) is 5.10 Å². The van der Waals surface area contributed by atoms with Gasteiger partial charge in [-0.1, -0.05) is 23.8 Å². The maximum Gasteiger partial charge on any atom is 0.255 e. The maximum absolute atomic E-state index is 13.0. The summed E-state index contributed by atoms with van der Waals surface area (Å²) in [7, 11) is 0. The maximum atomic E-state index is 13.0.